The lowest BCUT2D eigenvalue weighted by Gasteiger charge is -2.21. The molecule has 0 aromatic heterocycles. The Hall–Kier alpha value is -1.94. The number of unbranched alkanes of at least 4 members (excludes halogenated alkanes) is 50. The molecule has 0 aliphatic heterocycles. The Kier molecular flexibility index (Phi) is 75.3. The molecule has 0 saturated carbocycles. The van der Waals surface area contributed by atoms with Gasteiger partial charge in [-0.3, -0.25) is 37.3 Å². The van der Waals surface area contributed by atoms with Gasteiger partial charge in [0.2, 0.25) is 0 Å². The van der Waals surface area contributed by atoms with Crippen LogP contribution in [0.15, 0.2) is 0 Å². The normalized spacial score (nSPS) is 14.1. The molecule has 3 N–H and O–H groups in total. The number of carbonyl (C=O) groups excluding carboxylic acids is 4. The summed E-state index contributed by atoms with van der Waals surface area (Å²) in [5, 5.41) is 10.7. The zero-order valence-electron chi connectivity index (χ0n) is 70.8. The van der Waals surface area contributed by atoms with Gasteiger partial charge in [0, 0.05) is 25.7 Å². The monoisotopic (exact) mass is 1560 g/mol. The van der Waals surface area contributed by atoms with E-state index < -0.39 is 97.5 Å². The van der Waals surface area contributed by atoms with E-state index in [1.807, 2.05) is 0 Å². The van der Waals surface area contributed by atoms with Crippen LogP contribution < -0.4 is 0 Å². The van der Waals surface area contributed by atoms with Gasteiger partial charge in [-0.15, -0.1) is 0 Å². The maximum Gasteiger partial charge on any atom is 0.472 e. The van der Waals surface area contributed by atoms with Gasteiger partial charge >= 0.3 is 39.5 Å². The number of ether oxygens (including phenoxy) is 4. The second-order valence-electron chi connectivity index (χ2n) is 33.3. The number of hydrogen-bond donors (Lipinski definition) is 3. The molecule has 0 aromatic rings. The minimum Gasteiger partial charge on any atom is -0.462 e. The lowest BCUT2D eigenvalue weighted by Crippen LogP contribution is -2.30. The van der Waals surface area contributed by atoms with E-state index >= 15 is 0 Å². The fourth-order valence-corrected chi connectivity index (χ4v) is 15.2. The van der Waals surface area contributed by atoms with Crippen molar-refractivity contribution in [2.24, 2.45) is 23.7 Å². The summed E-state index contributed by atoms with van der Waals surface area (Å²) in [7, 11) is -9.93. The average Bonchev–Trinajstić information content (AvgIpc) is 0.899. The Labute approximate surface area is 658 Å². The van der Waals surface area contributed by atoms with Crippen molar-refractivity contribution in [1.29, 1.82) is 0 Å². The van der Waals surface area contributed by atoms with E-state index in [-0.39, 0.29) is 25.7 Å². The average molecular weight is 1560 g/mol. The van der Waals surface area contributed by atoms with Crippen molar-refractivity contribution >= 4 is 39.5 Å². The SMILES string of the molecule is CCC(C)CCCCCCCCCCCCCCCCCCCCC(=O)OC[C@H](COP(=O)(O)OC[C@@H](O)COP(=O)(O)OC[C@@H](COC(=O)CCCCCCCCC(C)C)OC(=O)CCCCCCCCCCCCCCCCC(C)C)OC(=O)CCCCCCCCCCCCCCCCCCC(C)C. The van der Waals surface area contributed by atoms with Crippen molar-refractivity contribution in [3.63, 3.8) is 0 Å². The van der Waals surface area contributed by atoms with Crippen LogP contribution >= 0.6 is 15.6 Å². The largest absolute Gasteiger partial charge is 0.472 e. The van der Waals surface area contributed by atoms with E-state index in [0.29, 0.717) is 31.6 Å². The Morgan fingerprint density at radius 3 is 0.664 bits per heavy atom. The molecule has 0 saturated heterocycles. The van der Waals surface area contributed by atoms with Crippen molar-refractivity contribution < 1.29 is 80.2 Å². The van der Waals surface area contributed by atoms with Gasteiger partial charge in [-0.05, 0) is 49.4 Å². The molecule has 0 aliphatic rings. The maximum atomic E-state index is 13.2. The van der Waals surface area contributed by atoms with Crippen LogP contribution in [0.4, 0.5) is 0 Å². The summed E-state index contributed by atoms with van der Waals surface area (Å²) in [4.78, 5) is 73.2. The fourth-order valence-electron chi connectivity index (χ4n) is 13.6. The minimum atomic E-state index is -4.97. The summed E-state index contributed by atoms with van der Waals surface area (Å²) < 4.78 is 68.9. The van der Waals surface area contributed by atoms with Crippen molar-refractivity contribution in [1.82, 2.24) is 0 Å². The van der Waals surface area contributed by atoms with E-state index in [0.717, 1.165) is 114 Å². The Morgan fingerprint density at radius 2 is 0.449 bits per heavy atom. The minimum absolute atomic E-state index is 0.106. The molecule has 17 nitrogen and oxygen atoms in total. The van der Waals surface area contributed by atoms with Gasteiger partial charge in [0.15, 0.2) is 12.2 Å². The van der Waals surface area contributed by atoms with Gasteiger partial charge in [0.1, 0.15) is 19.3 Å². The zero-order chi connectivity index (χ0) is 78.8. The first-order chi connectivity index (χ1) is 51.6. The summed E-state index contributed by atoms with van der Waals surface area (Å²) in [6.07, 6.45) is 66.9. The molecule has 0 amide bonds. The van der Waals surface area contributed by atoms with Gasteiger partial charge in [-0.1, -0.05) is 409 Å². The third-order valence-electron chi connectivity index (χ3n) is 20.9. The van der Waals surface area contributed by atoms with Crippen LogP contribution in [0.25, 0.3) is 0 Å². The van der Waals surface area contributed by atoms with E-state index in [4.69, 9.17) is 37.0 Å². The number of carbonyl (C=O) groups is 4. The molecule has 0 heterocycles. The highest BCUT2D eigenvalue weighted by atomic mass is 31.2. The first kappa shape index (κ1) is 105. The van der Waals surface area contributed by atoms with Crippen LogP contribution in [0, 0.1) is 23.7 Å². The summed E-state index contributed by atoms with van der Waals surface area (Å²) in [5.74, 6) is 1.05. The van der Waals surface area contributed by atoms with Gasteiger partial charge in [0.25, 0.3) is 0 Å². The molecule has 6 atom stereocenters. The standard InChI is InChI=1S/C88H172O17P2/c1-9-81(8)67-59-51-42-36-30-24-17-12-10-11-13-18-25-31-37-43-52-60-68-85(90)98-74-83(104-87(92)70-62-54-44-38-32-26-19-15-14-16-22-28-34-40-48-56-64-78(2)3)76-102-106(94,95)100-72-82(89)73-101-107(96,97)103-77-84(75-99-86(91)69-61-53-47-46-50-58-66-80(6)7)105-88(93)71-63-55-45-39-33-27-21-20-23-29-35-41-49-57-65-79(4)5/h78-84,89H,9-77H2,1-8H3,(H,94,95)(H,96,97)/t81?,82-,83-,84-/m1/s1. The number of hydrogen-bond acceptors (Lipinski definition) is 15. The Morgan fingerprint density at radius 1 is 0.262 bits per heavy atom. The van der Waals surface area contributed by atoms with E-state index in [1.165, 1.54) is 257 Å². The lowest BCUT2D eigenvalue weighted by atomic mass is 9.99. The molecule has 19 heteroatoms. The highest BCUT2D eigenvalue weighted by molar-refractivity contribution is 7.47. The van der Waals surface area contributed by atoms with Crippen molar-refractivity contribution in [3.05, 3.63) is 0 Å². The van der Waals surface area contributed by atoms with Gasteiger partial charge in [-0.2, -0.15) is 0 Å². The molecule has 0 rings (SSSR count). The molecular weight excluding hydrogens is 1390 g/mol. The zero-order valence-corrected chi connectivity index (χ0v) is 72.6. The van der Waals surface area contributed by atoms with Crippen LogP contribution in [0.2, 0.25) is 0 Å². The maximum absolute atomic E-state index is 13.2. The molecule has 0 aromatic carbocycles. The number of phosphoric acid groups is 2. The Bertz CT molecular complexity index is 2080. The van der Waals surface area contributed by atoms with E-state index in [9.17, 15) is 43.2 Å². The second-order valence-corrected chi connectivity index (χ2v) is 36.2. The number of esters is 4. The van der Waals surface area contributed by atoms with Crippen LogP contribution in [-0.2, 0) is 65.4 Å². The molecule has 0 bridgehead atoms. The van der Waals surface area contributed by atoms with Crippen LogP contribution in [0.5, 0.6) is 0 Å². The van der Waals surface area contributed by atoms with Gasteiger partial charge in [-0.25, -0.2) is 9.13 Å². The van der Waals surface area contributed by atoms with Crippen molar-refractivity contribution in [3.8, 4) is 0 Å². The molecule has 636 valence electrons. The Balaban J connectivity index is 5.20. The quantitative estimate of drug-likeness (QED) is 0.0222. The summed E-state index contributed by atoms with van der Waals surface area (Å²) in [5.41, 5.74) is 0. The topological polar surface area (TPSA) is 237 Å². The molecule has 0 spiro atoms. The van der Waals surface area contributed by atoms with Crippen LogP contribution in [-0.4, -0.2) is 96.7 Å². The molecule has 107 heavy (non-hydrogen) atoms. The third-order valence-corrected chi connectivity index (χ3v) is 22.8. The molecule has 0 aliphatic carbocycles. The predicted molar refractivity (Wildman–Crippen MR) is 441 cm³/mol. The third kappa shape index (κ3) is 80.5. The first-order valence-corrected chi connectivity index (χ1v) is 48.2. The highest BCUT2D eigenvalue weighted by Crippen LogP contribution is 2.45. The van der Waals surface area contributed by atoms with Crippen molar-refractivity contribution in [2.45, 2.75) is 478 Å². The lowest BCUT2D eigenvalue weighted by molar-refractivity contribution is -0.161. The second kappa shape index (κ2) is 76.7. The summed E-state index contributed by atoms with van der Waals surface area (Å²) in [6, 6.07) is 0. The molecule has 0 radical (unpaired) electrons. The predicted octanol–water partition coefficient (Wildman–Crippen LogP) is 26.7. The molecule has 0 fully saturated rings. The highest BCUT2D eigenvalue weighted by Gasteiger charge is 2.31. The molecule has 3 unspecified atom stereocenters. The number of rotatable bonds is 85. The fraction of sp³-hybridized carbons (Fsp3) is 0.955. The van der Waals surface area contributed by atoms with Gasteiger partial charge in [0.05, 0.1) is 26.4 Å². The van der Waals surface area contributed by atoms with Crippen LogP contribution in [0.3, 0.4) is 0 Å². The molecular formula is C88H172O17P2. The van der Waals surface area contributed by atoms with E-state index in [2.05, 4.69) is 55.4 Å². The number of aliphatic hydroxyl groups is 1. The number of phosphoric ester groups is 2. The van der Waals surface area contributed by atoms with Crippen LogP contribution in [0.1, 0.15) is 460 Å². The van der Waals surface area contributed by atoms with Crippen molar-refractivity contribution in [2.75, 3.05) is 39.6 Å². The summed E-state index contributed by atoms with van der Waals surface area (Å²) >= 11 is 0. The summed E-state index contributed by atoms with van der Waals surface area (Å²) in [6.45, 7) is 14.3. The first-order valence-electron chi connectivity index (χ1n) is 45.2. The van der Waals surface area contributed by atoms with Gasteiger partial charge < -0.3 is 33.8 Å². The van der Waals surface area contributed by atoms with E-state index in [1.54, 1.807) is 0 Å². The smallest absolute Gasteiger partial charge is 0.462 e. The number of aliphatic hydroxyl groups excluding tert-OH is 1.